The largest absolute Gasteiger partial charge is 0.501 e. The van der Waals surface area contributed by atoms with Crippen molar-refractivity contribution in [3.8, 4) is 5.75 Å². The van der Waals surface area contributed by atoms with Gasteiger partial charge >= 0.3 is 0 Å². The molecule has 8 nitrogen and oxygen atoms in total. The second-order valence-electron chi connectivity index (χ2n) is 7.97. The quantitative estimate of drug-likeness (QED) is 0.304. The van der Waals surface area contributed by atoms with E-state index in [0.29, 0.717) is 31.7 Å². The van der Waals surface area contributed by atoms with E-state index in [9.17, 15) is 19.1 Å². The number of nitrogens with zero attached hydrogens (tertiary/aromatic N) is 1. The number of aromatic nitrogens is 2. The van der Waals surface area contributed by atoms with Crippen molar-refractivity contribution in [1.82, 2.24) is 20.6 Å². The third kappa shape index (κ3) is 7.79. The maximum absolute atomic E-state index is 13.0. The van der Waals surface area contributed by atoms with Gasteiger partial charge in [0.1, 0.15) is 11.6 Å². The van der Waals surface area contributed by atoms with Crippen molar-refractivity contribution < 1.29 is 19.0 Å². The Bertz CT molecular complexity index is 1120. The molecular formula is C25H29FN4O4. The fraction of sp³-hybridized carbons (Fsp3) is 0.320. The third-order valence-corrected chi connectivity index (χ3v) is 5.09. The first-order valence-electron chi connectivity index (χ1n) is 11.1. The lowest BCUT2D eigenvalue weighted by molar-refractivity contribution is 0.0942. The fourth-order valence-corrected chi connectivity index (χ4v) is 3.29. The first-order chi connectivity index (χ1) is 16.4. The molecule has 0 saturated carbocycles. The number of halogens is 1. The van der Waals surface area contributed by atoms with Gasteiger partial charge in [0.25, 0.3) is 11.5 Å². The Labute approximate surface area is 197 Å². The van der Waals surface area contributed by atoms with Crippen LogP contribution in [0.4, 0.5) is 4.39 Å². The Kier molecular flexibility index (Phi) is 9.30. The van der Waals surface area contributed by atoms with E-state index in [0.717, 1.165) is 12.0 Å². The van der Waals surface area contributed by atoms with Crippen LogP contribution < -0.4 is 16.2 Å². The average Bonchev–Trinajstić information content (AvgIpc) is 2.83. The molecule has 0 bridgehead atoms. The van der Waals surface area contributed by atoms with E-state index >= 15 is 0 Å². The van der Waals surface area contributed by atoms with Gasteiger partial charge in [-0.3, -0.25) is 9.59 Å². The Morgan fingerprint density at radius 1 is 1.15 bits per heavy atom. The second-order valence-corrected chi connectivity index (χ2v) is 7.97. The van der Waals surface area contributed by atoms with Crippen LogP contribution in [0, 0.1) is 5.82 Å². The van der Waals surface area contributed by atoms with E-state index in [1.807, 2.05) is 37.3 Å². The number of carbonyl (C=O) groups excluding carboxylic acids is 1. The molecule has 0 aliphatic rings. The number of amides is 1. The SMILES string of the molecule is CC(Cc1nc(C(=O)NCc2ccc(F)cc2)c(O)c(=O)[nH]1)NCCCOCc1ccccc1. The number of aromatic hydroxyl groups is 1. The molecule has 0 saturated heterocycles. The summed E-state index contributed by atoms with van der Waals surface area (Å²) in [5.41, 5.74) is 0.675. The Balaban J connectivity index is 1.46. The highest BCUT2D eigenvalue weighted by atomic mass is 19.1. The number of rotatable bonds is 12. The number of H-pyrrole nitrogens is 1. The van der Waals surface area contributed by atoms with Crippen molar-refractivity contribution in [2.45, 2.75) is 39.0 Å². The van der Waals surface area contributed by atoms with E-state index in [2.05, 4.69) is 20.6 Å². The monoisotopic (exact) mass is 468 g/mol. The minimum atomic E-state index is -0.779. The summed E-state index contributed by atoms with van der Waals surface area (Å²) in [4.78, 5) is 31.2. The number of aromatic amines is 1. The standard InChI is InChI=1S/C25H29FN4O4/c1-17(27-12-5-13-34-16-19-6-3-2-4-7-19)14-21-29-22(23(31)25(33)30-21)24(32)28-15-18-8-10-20(26)11-9-18/h2-4,6-11,17,27,31H,5,12-16H2,1H3,(H,28,32)(H,29,30,33). The number of carbonyl (C=O) groups is 1. The van der Waals surface area contributed by atoms with Gasteiger partial charge in [0.05, 0.1) is 6.61 Å². The molecule has 0 radical (unpaired) electrons. The first kappa shape index (κ1) is 25.1. The lowest BCUT2D eigenvalue weighted by Crippen LogP contribution is -2.32. The van der Waals surface area contributed by atoms with Crippen molar-refractivity contribution in [2.24, 2.45) is 0 Å². The minimum absolute atomic E-state index is 0.0306. The van der Waals surface area contributed by atoms with Crippen molar-refractivity contribution >= 4 is 5.91 Å². The summed E-state index contributed by atoms with van der Waals surface area (Å²) in [6.45, 7) is 3.93. The molecule has 4 N–H and O–H groups in total. The Morgan fingerprint density at radius 3 is 2.62 bits per heavy atom. The van der Waals surface area contributed by atoms with E-state index in [-0.39, 0.29) is 29.9 Å². The summed E-state index contributed by atoms with van der Waals surface area (Å²) < 4.78 is 18.7. The van der Waals surface area contributed by atoms with Gasteiger partial charge in [0, 0.05) is 25.6 Å². The van der Waals surface area contributed by atoms with E-state index in [1.54, 1.807) is 0 Å². The Hall–Kier alpha value is -3.56. The molecule has 2 aromatic carbocycles. The summed E-state index contributed by atoms with van der Waals surface area (Å²) in [6, 6.07) is 15.6. The highest BCUT2D eigenvalue weighted by Crippen LogP contribution is 2.10. The molecule has 3 rings (SSSR count). The molecular weight excluding hydrogens is 439 g/mol. The van der Waals surface area contributed by atoms with Gasteiger partial charge in [-0.25, -0.2) is 9.37 Å². The van der Waals surface area contributed by atoms with Gasteiger partial charge in [-0.15, -0.1) is 0 Å². The van der Waals surface area contributed by atoms with Gasteiger partial charge in [0.15, 0.2) is 5.69 Å². The maximum Gasteiger partial charge on any atom is 0.293 e. The van der Waals surface area contributed by atoms with Crippen molar-refractivity contribution in [3.05, 3.63) is 93.4 Å². The van der Waals surface area contributed by atoms with Crippen LogP contribution >= 0.6 is 0 Å². The maximum atomic E-state index is 13.0. The zero-order valence-corrected chi connectivity index (χ0v) is 19.0. The van der Waals surface area contributed by atoms with Crippen LogP contribution in [-0.4, -0.2) is 40.2 Å². The summed E-state index contributed by atoms with van der Waals surface area (Å²) >= 11 is 0. The van der Waals surface area contributed by atoms with E-state index in [1.165, 1.54) is 24.3 Å². The molecule has 0 aliphatic heterocycles. The van der Waals surface area contributed by atoms with Crippen LogP contribution in [0.3, 0.4) is 0 Å². The molecule has 1 aromatic heterocycles. The smallest absolute Gasteiger partial charge is 0.293 e. The van der Waals surface area contributed by atoms with Gasteiger partial charge in [-0.05, 0) is 43.1 Å². The van der Waals surface area contributed by atoms with E-state index in [4.69, 9.17) is 4.74 Å². The Morgan fingerprint density at radius 2 is 1.88 bits per heavy atom. The third-order valence-electron chi connectivity index (χ3n) is 5.09. The molecule has 1 heterocycles. The van der Waals surface area contributed by atoms with Gasteiger partial charge in [-0.2, -0.15) is 0 Å². The normalized spacial score (nSPS) is 11.8. The fourth-order valence-electron chi connectivity index (χ4n) is 3.29. The number of hydrogen-bond acceptors (Lipinski definition) is 6. The van der Waals surface area contributed by atoms with Crippen molar-refractivity contribution in [2.75, 3.05) is 13.2 Å². The van der Waals surface area contributed by atoms with E-state index < -0.39 is 17.2 Å². The minimum Gasteiger partial charge on any atom is -0.501 e. The molecule has 1 atom stereocenters. The van der Waals surface area contributed by atoms with Crippen molar-refractivity contribution in [1.29, 1.82) is 0 Å². The lowest BCUT2D eigenvalue weighted by Gasteiger charge is -2.14. The molecule has 9 heteroatoms. The number of nitrogens with one attached hydrogen (secondary N) is 3. The first-order valence-corrected chi connectivity index (χ1v) is 11.1. The second kappa shape index (κ2) is 12.6. The predicted octanol–water partition coefficient (Wildman–Crippen LogP) is 2.67. The zero-order chi connectivity index (χ0) is 24.3. The number of ether oxygens (including phenoxy) is 1. The van der Waals surface area contributed by atoms with Gasteiger partial charge in [-0.1, -0.05) is 42.5 Å². The van der Waals surface area contributed by atoms with Crippen LogP contribution in [0.15, 0.2) is 59.4 Å². The van der Waals surface area contributed by atoms with Crippen LogP contribution in [0.2, 0.25) is 0 Å². The summed E-state index contributed by atoms with van der Waals surface area (Å²) in [7, 11) is 0. The molecule has 0 fully saturated rings. The number of benzene rings is 2. The summed E-state index contributed by atoms with van der Waals surface area (Å²) in [5.74, 6) is -1.52. The average molecular weight is 469 g/mol. The molecule has 1 amide bonds. The van der Waals surface area contributed by atoms with Crippen molar-refractivity contribution in [3.63, 3.8) is 0 Å². The molecule has 0 aliphatic carbocycles. The predicted molar refractivity (Wildman–Crippen MR) is 126 cm³/mol. The molecule has 0 spiro atoms. The molecule has 3 aromatic rings. The molecule has 180 valence electrons. The highest BCUT2D eigenvalue weighted by molar-refractivity contribution is 5.94. The van der Waals surface area contributed by atoms with Gasteiger partial charge in [0.2, 0.25) is 5.75 Å². The topological polar surface area (TPSA) is 116 Å². The summed E-state index contributed by atoms with van der Waals surface area (Å²) in [5, 5.41) is 15.9. The van der Waals surface area contributed by atoms with Crippen LogP contribution in [0.5, 0.6) is 5.75 Å². The van der Waals surface area contributed by atoms with Gasteiger partial charge < -0.3 is 25.5 Å². The zero-order valence-electron chi connectivity index (χ0n) is 19.0. The van der Waals surface area contributed by atoms with Crippen LogP contribution in [0.25, 0.3) is 0 Å². The summed E-state index contributed by atoms with van der Waals surface area (Å²) in [6.07, 6.45) is 1.17. The van der Waals surface area contributed by atoms with Crippen LogP contribution in [-0.2, 0) is 24.3 Å². The lowest BCUT2D eigenvalue weighted by atomic mass is 10.2. The highest BCUT2D eigenvalue weighted by Gasteiger charge is 2.18. The number of hydrogen-bond donors (Lipinski definition) is 4. The van der Waals surface area contributed by atoms with Crippen LogP contribution in [0.1, 0.15) is 40.8 Å². The molecule has 1 unspecified atom stereocenters. The molecule has 34 heavy (non-hydrogen) atoms.